The van der Waals surface area contributed by atoms with Gasteiger partial charge in [-0.2, -0.15) is 0 Å². The Labute approximate surface area is 152 Å². The summed E-state index contributed by atoms with van der Waals surface area (Å²) in [7, 11) is 0. The summed E-state index contributed by atoms with van der Waals surface area (Å²) in [6.07, 6.45) is 0.337. The molecule has 136 valence electrons. The largest absolute Gasteiger partial charge is 0.396 e. The van der Waals surface area contributed by atoms with Gasteiger partial charge in [-0.1, -0.05) is 36.4 Å². The van der Waals surface area contributed by atoms with Crippen LogP contribution < -0.4 is 0 Å². The van der Waals surface area contributed by atoms with Gasteiger partial charge in [-0.25, -0.2) is 8.78 Å². The predicted molar refractivity (Wildman–Crippen MR) is 94.7 cm³/mol. The van der Waals surface area contributed by atoms with Crippen LogP contribution in [-0.4, -0.2) is 36.3 Å². The molecular weight excluding hydrogens is 348 g/mol. The van der Waals surface area contributed by atoms with E-state index < -0.39 is 17.2 Å². The molecule has 0 aliphatic carbocycles. The van der Waals surface area contributed by atoms with Crippen molar-refractivity contribution in [2.45, 2.75) is 18.6 Å². The van der Waals surface area contributed by atoms with E-state index in [2.05, 4.69) is 17.0 Å². The summed E-state index contributed by atoms with van der Waals surface area (Å²) in [6.45, 7) is 2.42. The topological polar surface area (TPSA) is 32.7 Å². The summed E-state index contributed by atoms with van der Waals surface area (Å²) in [5, 5.41) is 9.48. The smallest absolute Gasteiger partial charge is 0.159 e. The summed E-state index contributed by atoms with van der Waals surface area (Å²) >= 11 is 0. The van der Waals surface area contributed by atoms with Gasteiger partial charge in [0.25, 0.3) is 0 Å². The van der Waals surface area contributed by atoms with E-state index >= 15 is 0 Å². The van der Waals surface area contributed by atoms with Crippen LogP contribution in [0.5, 0.6) is 0 Å². The number of nitrogens with zero attached hydrogens (tertiary/aromatic N) is 1. The second kappa shape index (κ2) is 8.72. The van der Waals surface area contributed by atoms with Crippen LogP contribution in [0.15, 0.2) is 48.5 Å². The minimum absolute atomic E-state index is 0. The zero-order valence-electron chi connectivity index (χ0n) is 13.8. The van der Waals surface area contributed by atoms with Crippen molar-refractivity contribution in [3.05, 3.63) is 71.3 Å². The molecule has 3 rings (SSSR count). The Balaban J connectivity index is 0.00000225. The van der Waals surface area contributed by atoms with E-state index in [1.165, 1.54) is 11.6 Å². The van der Waals surface area contributed by atoms with Crippen LogP contribution in [0.3, 0.4) is 0 Å². The molecule has 1 atom stereocenters. The molecule has 3 nitrogen and oxygen atoms in total. The number of benzene rings is 2. The van der Waals surface area contributed by atoms with E-state index in [1.54, 1.807) is 6.07 Å². The summed E-state index contributed by atoms with van der Waals surface area (Å²) in [5.74, 6) is -1.77. The van der Waals surface area contributed by atoms with E-state index in [-0.39, 0.29) is 19.0 Å². The molecule has 25 heavy (non-hydrogen) atoms. The van der Waals surface area contributed by atoms with E-state index in [9.17, 15) is 13.9 Å². The molecule has 0 amide bonds. The van der Waals surface area contributed by atoms with E-state index in [1.807, 2.05) is 18.2 Å². The van der Waals surface area contributed by atoms with Crippen molar-refractivity contribution in [1.82, 2.24) is 4.90 Å². The fourth-order valence-corrected chi connectivity index (χ4v) is 3.26. The monoisotopic (exact) mass is 369 g/mol. The summed E-state index contributed by atoms with van der Waals surface area (Å²) in [6, 6.07) is 13.9. The van der Waals surface area contributed by atoms with Crippen molar-refractivity contribution >= 4 is 12.4 Å². The molecule has 1 heterocycles. The van der Waals surface area contributed by atoms with Crippen LogP contribution in [0.4, 0.5) is 8.78 Å². The Hall–Kier alpha value is -1.53. The minimum atomic E-state index is -0.895. The van der Waals surface area contributed by atoms with Crippen molar-refractivity contribution in [2.75, 3.05) is 26.3 Å². The molecule has 2 aromatic rings. The van der Waals surface area contributed by atoms with Crippen molar-refractivity contribution in [3.63, 3.8) is 0 Å². The SMILES string of the molecule is Cl.OCC[C@@]1(c2ccc(F)c(F)c2)CN(Cc2ccccc2)CCO1. The number of halogens is 3. The molecule has 6 heteroatoms. The highest BCUT2D eigenvalue weighted by Gasteiger charge is 2.38. The van der Waals surface area contributed by atoms with Gasteiger partial charge in [-0.05, 0) is 23.3 Å². The third-order valence-electron chi connectivity index (χ3n) is 4.48. The quantitative estimate of drug-likeness (QED) is 0.875. The van der Waals surface area contributed by atoms with Gasteiger partial charge < -0.3 is 9.84 Å². The number of hydrogen-bond acceptors (Lipinski definition) is 3. The average molecular weight is 370 g/mol. The molecule has 1 saturated heterocycles. The summed E-state index contributed by atoms with van der Waals surface area (Å²) in [5.41, 5.74) is 0.923. The second-order valence-corrected chi connectivity index (χ2v) is 6.14. The van der Waals surface area contributed by atoms with Crippen LogP contribution in [0.1, 0.15) is 17.5 Å². The maximum atomic E-state index is 13.7. The lowest BCUT2D eigenvalue weighted by atomic mass is 9.88. The molecule has 1 aliphatic rings. The number of aliphatic hydroxyl groups is 1. The molecule has 0 bridgehead atoms. The van der Waals surface area contributed by atoms with Gasteiger partial charge in [0.2, 0.25) is 0 Å². The van der Waals surface area contributed by atoms with Gasteiger partial charge in [-0.15, -0.1) is 12.4 Å². The number of aliphatic hydroxyl groups excluding tert-OH is 1. The number of rotatable bonds is 5. The lowest BCUT2D eigenvalue weighted by Crippen LogP contribution is -2.50. The third kappa shape index (κ3) is 4.55. The summed E-state index contributed by atoms with van der Waals surface area (Å²) < 4.78 is 32.9. The molecule has 1 aliphatic heterocycles. The molecule has 1 fully saturated rings. The first-order chi connectivity index (χ1) is 11.6. The Morgan fingerprint density at radius 1 is 1.08 bits per heavy atom. The molecule has 0 spiro atoms. The van der Waals surface area contributed by atoms with Gasteiger partial charge in [-0.3, -0.25) is 4.90 Å². The van der Waals surface area contributed by atoms with E-state index in [0.29, 0.717) is 25.1 Å². The Bertz CT molecular complexity index is 682. The predicted octanol–water partition coefficient (Wildman–Crippen LogP) is 3.50. The van der Waals surface area contributed by atoms with Gasteiger partial charge in [0, 0.05) is 32.7 Å². The van der Waals surface area contributed by atoms with Crippen LogP contribution in [0, 0.1) is 11.6 Å². The minimum Gasteiger partial charge on any atom is -0.396 e. The number of ether oxygens (including phenoxy) is 1. The molecule has 0 aromatic heterocycles. The van der Waals surface area contributed by atoms with Gasteiger partial charge in [0.1, 0.15) is 5.60 Å². The maximum Gasteiger partial charge on any atom is 0.159 e. The highest BCUT2D eigenvalue weighted by atomic mass is 35.5. The normalized spacial score (nSPS) is 20.9. The van der Waals surface area contributed by atoms with Crippen LogP contribution in [0.25, 0.3) is 0 Å². The Morgan fingerprint density at radius 2 is 1.84 bits per heavy atom. The zero-order valence-corrected chi connectivity index (χ0v) is 14.6. The van der Waals surface area contributed by atoms with Crippen molar-refractivity contribution in [3.8, 4) is 0 Å². The molecule has 1 N–H and O–H groups in total. The van der Waals surface area contributed by atoms with Crippen LogP contribution in [0.2, 0.25) is 0 Å². The van der Waals surface area contributed by atoms with E-state index in [4.69, 9.17) is 4.74 Å². The average Bonchev–Trinajstić information content (AvgIpc) is 2.59. The molecule has 0 saturated carbocycles. The first kappa shape index (κ1) is 19.8. The highest BCUT2D eigenvalue weighted by Crippen LogP contribution is 2.34. The van der Waals surface area contributed by atoms with Gasteiger partial charge in [0.05, 0.1) is 6.61 Å². The van der Waals surface area contributed by atoms with Crippen molar-refractivity contribution in [1.29, 1.82) is 0 Å². The lowest BCUT2D eigenvalue weighted by Gasteiger charge is -2.43. The number of hydrogen-bond donors (Lipinski definition) is 1. The fourth-order valence-electron chi connectivity index (χ4n) is 3.26. The van der Waals surface area contributed by atoms with Gasteiger partial charge >= 0.3 is 0 Å². The van der Waals surface area contributed by atoms with Crippen LogP contribution >= 0.6 is 12.4 Å². The Kier molecular flexibility index (Phi) is 6.90. The Morgan fingerprint density at radius 3 is 2.52 bits per heavy atom. The molecule has 0 unspecified atom stereocenters. The molecular formula is C19H22ClF2NO2. The van der Waals surface area contributed by atoms with Crippen molar-refractivity contribution in [2.24, 2.45) is 0 Å². The van der Waals surface area contributed by atoms with Crippen molar-refractivity contribution < 1.29 is 18.6 Å². The standard InChI is InChI=1S/C19H21F2NO2.ClH/c20-17-7-6-16(12-18(17)21)19(8-10-23)14-22(9-11-24-19)13-15-4-2-1-3-5-15;/h1-7,12,23H,8-11,13-14H2;1H/t19-;/m0./s1. The zero-order chi connectivity index (χ0) is 17.0. The maximum absolute atomic E-state index is 13.7. The fraction of sp³-hybridized carbons (Fsp3) is 0.368. The number of morpholine rings is 1. The first-order valence-electron chi connectivity index (χ1n) is 8.10. The van der Waals surface area contributed by atoms with Crippen LogP contribution in [-0.2, 0) is 16.9 Å². The molecule has 2 aromatic carbocycles. The van der Waals surface area contributed by atoms with Gasteiger partial charge in [0.15, 0.2) is 11.6 Å². The second-order valence-electron chi connectivity index (χ2n) is 6.14. The molecule has 0 radical (unpaired) electrons. The lowest BCUT2D eigenvalue weighted by molar-refractivity contribution is -0.127. The van der Waals surface area contributed by atoms with E-state index in [0.717, 1.165) is 19.2 Å². The summed E-state index contributed by atoms with van der Waals surface area (Å²) in [4.78, 5) is 2.22. The highest BCUT2D eigenvalue weighted by molar-refractivity contribution is 5.85. The third-order valence-corrected chi connectivity index (χ3v) is 4.48. The first-order valence-corrected chi connectivity index (χ1v) is 8.10.